The lowest BCUT2D eigenvalue weighted by atomic mass is 10.2. The lowest BCUT2D eigenvalue weighted by Gasteiger charge is -2.06. The van der Waals surface area contributed by atoms with Crippen molar-refractivity contribution in [1.82, 2.24) is 0 Å². The minimum absolute atomic E-state index is 0.110. The molecule has 0 amide bonds. The van der Waals surface area contributed by atoms with Crippen LogP contribution in [0.5, 0.6) is 5.75 Å². The highest BCUT2D eigenvalue weighted by Crippen LogP contribution is 2.30. The van der Waals surface area contributed by atoms with Crippen LogP contribution in [0, 0.1) is 0 Å². The average Bonchev–Trinajstić information content (AvgIpc) is 2.45. The third-order valence-corrected chi connectivity index (χ3v) is 2.51. The van der Waals surface area contributed by atoms with Gasteiger partial charge in [-0.05, 0) is 24.3 Å². The number of anilines is 1. The van der Waals surface area contributed by atoms with Crippen molar-refractivity contribution < 1.29 is 5.11 Å². The molecule has 2 aromatic rings. The third kappa shape index (κ3) is 3.53. The molecule has 5 nitrogen and oxygen atoms in total. The summed E-state index contributed by atoms with van der Waals surface area (Å²) in [6.45, 7) is 1.22. The Morgan fingerprint density at radius 2 is 1.58 bits per heavy atom. The minimum Gasteiger partial charge on any atom is -0.506 e. The van der Waals surface area contributed by atoms with Crippen LogP contribution < -0.4 is 11.1 Å². The van der Waals surface area contributed by atoms with Crippen LogP contribution >= 0.6 is 0 Å². The molecular formula is C14H16N4O. The molecular weight excluding hydrogens is 240 g/mol. The van der Waals surface area contributed by atoms with Crippen LogP contribution in [0.3, 0.4) is 0 Å². The molecule has 0 unspecified atom stereocenters. The second-order valence-corrected chi connectivity index (χ2v) is 3.92. The monoisotopic (exact) mass is 256 g/mol. The zero-order chi connectivity index (χ0) is 13.5. The van der Waals surface area contributed by atoms with E-state index >= 15 is 0 Å². The molecule has 0 spiro atoms. The van der Waals surface area contributed by atoms with E-state index in [-0.39, 0.29) is 5.75 Å². The van der Waals surface area contributed by atoms with Crippen molar-refractivity contribution in [2.75, 3.05) is 18.4 Å². The van der Waals surface area contributed by atoms with Crippen LogP contribution in [-0.4, -0.2) is 18.2 Å². The van der Waals surface area contributed by atoms with Crippen LogP contribution in [0.25, 0.3) is 0 Å². The van der Waals surface area contributed by atoms with Gasteiger partial charge < -0.3 is 16.2 Å². The second kappa shape index (κ2) is 6.51. The quantitative estimate of drug-likeness (QED) is 0.718. The zero-order valence-electron chi connectivity index (χ0n) is 10.5. The molecule has 0 aliphatic heterocycles. The Kier molecular flexibility index (Phi) is 4.47. The fourth-order valence-electron chi connectivity index (χ4n) is 1.57. The summed E-state index contributed by atoms with van der Waals surface area (Å²) in [6, 6.07) is 14.4. The normalized spacial score (nSPS) is 10.8. The highest BCUT2D eigenvalue weighted by molar-refractivity contribution is 5.65. The predicted octanol–water partition coefficient (Wildman–Crippen LogP) is 3.18. The number of hydrogen-bond donors (Lipinski definition) is 3. The van der Waals surface area contributed by atoms with Gasteiger partial charge in [0.05, 0.1) is 5.69 Å². The number of phenolic OH excluding ortho intramolecular Hbond substituents is 1. The molecule has 0 atom stereocenters. The number of nitrogens with two attached hydrogens (primary N) is 1. The van der Waals surface area contributed by atoms with E-state index in [4.69, 9.17) is 5.73 Å². The number of benzene rings is 2. The molecule has 0 aliphatic carbocycles. The van der Waals surface area contributed by atoms with Gasteiger partial charge in [-0.1, -0.05) is 24.3 Å². The molecule has 0 heterocycles. The SMILES string of the molecule is NCCNc1ccccc1/N=N/c1ccccc1O. The number of aromatic hydroxyl groups is 1. The van der Waals surface area contributed by atoms with Crippen molar-refractivity contribution in [1.29, 1.82) is 0 Å². The lowest BCUT2D eigenvalue weighted by molar-refractivity contribution is 0.476. The van der Waals surface area contributed by atoms with Crippen molar-refractivity contribution in [3.8, 4) is 5.75 Å². The molecule has 0 bridgehead atoms. The fourth-order valence-corrected chi connectivity index (χ4v) is 1.57. The molecule has 2 rings (SSSR count). The van der Waals surface area contributed by atoms with Crippen LogP contribution in [0.2, 0.25) is 0 Å². The van der Waals surface area contributed by atoms with Gasteiger partial charge in [0.15, 0.2) is 0 Å². The first kappa shape index (κ1) is 13.0. The number of hydrogen-bond acceptors (Lipinski definition) is 5. The highest BCUT2D eigenvalue weighted by Gasteiger charge is 2.00. The number of azo groups is 1. The van der Waals surface area contributed by atoms with Crippen molar-refractivity contribution in [2.24, 2.45) is 16.0 Å². The Morgan fingerprint density at radius 1 is 0.947 bits per heavy atom. The van der Waals surface area contributed by atoms with E-state index in [0.29, 0.717) is 24.5 Å². The molecule has 19 heavy (non-hydrogen) atoms. The van der Waals surface area contributed by atoms with E-state index in [1.807, 2.05) is 24.3 Å². The summed E-state index contributed by atoms with van der Waals surface area (Å²) < 4.78 is 0. The maximum atomic E-state index is 9.61. The summed E-state index contributed by atoms with van der Waals surface area (Å²) in [5, 5.41) is 21.0. The molecule has 0 fully saturated rings. The average molecular weight is 256 g/mol. The summed E-state index contributed by atoms with van der Waals surface area (Å²) >= 11 is 0. The first-order chi connectivity index (χ1) is 9.31. The molecule has 2 aromatic carbocycles. The summed E-state index contributed by atoms with van der Waals surface area (Å²) in [6.07, 6.45) is 0. The summed E-state index contributed by atoms with van der Waals surface area (Å²) in [5.41, 5.74) is 7.48. The van der Waals surface area contributed by atoms with Gasteiger partial charge in [0.25, 0.3) is 0 Å². The molecule has 4 N–H and O–H groups in total. The first-order valence-corrected chi connectivity index (χ1v) is 6.04. The van der Waals surface area contributed by atoms with Crippen LogP contribution in [0.15, 0.2) is 58.8 Å². The largest absolute Gasteiger partial charge is 0.506 e. The molecule has 0 aromatic heterocycles. The molecule has 5 heteroatoms. The Bertz CT molecular complexity index is 569. The molecule has 0 radical (unpaired) electrons. The van der Waals surface area contributed by atoms with Gasteiger partial charge >= 0.3 is 0 Å². The van der Waals surface area contributed by atoms with Gasteiger partial charge in [0.1, 0.15) is 17.1 Å². The fraction of sp³-hybridized carbons (Fsp3) is 0.143. The van der Waals surface area contributed by atoms with Crippen molar-refractivity contribution in [3.05, 3.63) is 48.5 Å². The standard InChI is InChI=1S/C14H16N4O/c15-9-10-16-11-5-1-2-6-12(11)17-18-13-7-3-4-8-14(13)19/h1-8,16,19H,9-10,15H2/b18-17+. The van der Waals surface area contributed by atoms with Crippen molar-refractivity contribution >= 4 is 17.1 Å². The van der Waals surface area contributed by atoms with Gasteiger partial charge in [-0.3, -0.25) is 0 Å². The topological polar surface area (TPSA) is 83.0 Å². The number of nitrogens with one attached hydrogen (secondary N) is 1. The number of rotatable bonds is 5. The van der Waals surface area contributed by atoms with Gasteiger partial charge in [-0.2, -0.15) is 0 Å². The predicted molar refractivity (Wildman–Crippen MR) is 76.3 cm³/mol. The highest BCUT2D eigenvalue weighted by atomic mass is 16.3. The van der Waals surface area contributed by atoms with Crippen molar-refractivity contribution in [3.63, 3.8) is 0 Å². The minimum atomic E-state index is 0.110. The molecule has 0 saturated carbocycles. The number of nitrogens with zero attached hydrogens (tertiary/aromatic N) is 2. The van der Waals surface area contributed by atoms with Crippen molar-refractivity contribution in [2.45, 2.75) is 0 Å². The Labute approximate surface area is 111 Å². The van der Waals surface area contributed by atoms with E-state index < -0.39 is 0 Å². The van der Waals surface area contributed by atoms with Crippen LogP contribution in [0.4, 0.5) is 17.1 Å². The lowest BCUT2D eigenvalue weighted by Crippen LogP contribution is -2.12. The smallest absolute Gasteiger partial charge is 0.143 e. The maximum Gasteiger partial charge on any atom is 0.143 e. The van der Waals surface area contributed by atoms with Gasteiger partial charge in [-0.15, -0.1) is 10.2 Å². The third-order valence-electron chi connectivity index (χ3n) is 2.51. The zero-order valence-corrected chi connectivity index (χ0v) is 10.5. The summed E-state index contributed by atoms with van der Waals surface area (Å²) in [7, 11) is 0. The van der Waals surface area contributed by atoms with Gasteiger partial charge in [0, 0.05) is 13.1 Å². The van der Waals surface area contributed by atoms with E-state index in [1.165, 1.54) is 0 Å². The maximum absolute atomic E-state index is 9.61. The first-order valence-electron chi connectivity index (χ1n) is 6.04. The van der Waals surface area contributed by atoms with E-state index in [0.717, 1.165) is 5.69 Å². The molecule has 98 valence electrons. The van der Waals surface area contributed by atoms with E-state index in [2.05, 4.69) is 15.5 Å². The Balaban J connectivity index is 2.21. The van der Waals surface area contributed by atoms with Crippen LogP contribution in [-0.2, 0) is 0 Å². The van der Waals surface area contributed by atoms with Gasteiger partial charge in [0.2, 0.25) is 0 Å². The summed E-state index contributed by atoms with van der Waals surface area (Å²) in [5.74, 6) is 0.110. The van der Waals surface area contributed by atoms with E-state index in [9.17, 15) is 5.11 Å². The molecule has 0 saturated heterocycles. The van der Waals surface area contributed by atoms with Gasteiger partial charge in [-0.25, -0.2) is 0 Å². The van der Waals surface area contributed by atoms with Crippen LogP contribution in [0.1, 0.15) is 0 Å². The Morgan fingerprint density at radius 3 is 2.32 bits per heavy atom. The summed E-state index contributed by atoms with van der Waals surface area (Å²) in [4.78, 5) is 0. The molecule has 0 aliphatic rings. The second-order valence-electron chi connectivity index (χ2n) is 3.92. The van der Waals surface area contributed by atoms with E-state index in [1.54, 1.807) is 24.3 Å². The number of para-hydroxylation sites is 2. The number of phenols is 1. The Hall–Kier alpha value is -2.40.